The Labute approximate surface area is 125 Å². The summed E-state index contributed by atoms with van der Waals surface area (Å²) in [6.45, 7) is 6.20. The first-order chi connectivity index (χ1) is 9.80. The van der Waals surface area contributed by atoms with Crippen molar-refractivity contribution in [2.45, 2.75) is 32.8 Å². The van der Waals surface area contributed by atoms with Gasteiger partial charge in [-0.05, 0) is 23.6 Å². The molecular weight excluding hydrogens is 268 g/mol. The Hall–Kier alpha value is -1.88. The second-order valence-corrected chi connectivity index (χ2v) is 6.06. The summed E-state index contributed by atoms with van der Waals surface area (Å²) in [5.41, 5.74) is 0.885. The number of rotatable bonds is 4. The normalized spacial score (nSPS) is 16.5. The number of nitrogens with zero attached hydrogens (tertiary/aromatic N) is 1. The van der Waals surface area contributed by atoms with Gasteiger partial charge in [0.1, 0.15) is 5.60 Å². The van der Waals surface area contributed by atoms with Gasteiger partial charge in [0.2, 0.25) is 11.8 Å². The molecule has 5 nitrogen and oxygen atoms in total. The summed E-state index contributed by atoms with van der Waals surface area (Å²) in [5.74, 6) is 0.0541. The monoisotopic (exact) mass is 290 g/mol. The van der Waals surface area contributed by atoms with E-state index >= 15 is 0 Å². The van der Waals surface area contributed by atoms with Gasteiger partial charge in [0.05, 0.1) is 19.5 Å². The first-order valence-electron chi connectivity index (χ1n) is 7.17. The molecular formula is C16H22N2O3. The van der Waals surface area contributed by atoms with E-state index in [1.165, 1.54) is 6.92 Å². The smallest absolute Gasteiger partial charge is 0.227 e. The third kappa shape index (κ3) is 3.61. The summed E-state index contributed by atoms with van der Waals surface area (Å²) in [5, 5.41) is 12.8. The van der Waals surface area contributed by atoms with E-state index in [-0.39, 0.29) is 17.7 Å². The van der Waals surface area contributed by atoms with Crippen molar-refractivity contribution in [2.24, 2.45) is 5.92 Å². The van der Waals surface area contributed by atoms with Gasteiger partial charge in [0.15, 0.2) is 0 Å². The van der Waals surface area contributed by atoms with Crippen molar-refractivity contribution in [3.8, 4) is 0 Å². The third-order valence-electron chi connectivity index (χ3n) is 3.99. The maximum atomic E-state index is 12.1. The number of β-amino-alcohol motifs (C(OH)–C–C–N with tert-alkyl or cyclic N) is 1. The highest BCUT2D eigenvalue weighted by Crippen LogP contribution is 2.29. The van der Waals surface area contributed by atoms with Gasteiger partial charge in [-0.25, -0.2) is 0 Å². The van der Waals surface area contributed by atoms with Gasteiger partial charge in [-0.2, -0.15) is 0 Å². The van der Waals surface area contributed by atoms with Gasteiger partial charge in [0, 0.05) is 12.6 Å². The standard InChI is InChI=1S/C16H22N2O3/c1-11(2)16(21)9-18(10-16)15(20)8-13-4-6-14(7-5-13)17-12(3)19/h4-7,11,21H,8-10H2,1-3H3,(H,17,19). The zero-order chi connectivity index (χ0) is 15.6. The molecule has 2 rings (SSSR count). The van der Waals surface area contributed by atoms with E-state index in [0.29, 0.717) is 19.5 Å². The molecule has 0 aliphatic carbocycles. The predicted molar refractivity (Wildman–Crippen MR) is 80.8 cm³/mol. The SMILES string of the molecule is CC(=O)Nc1ccc(CC(=O)N2CC(O)(C(C)C)C2)cc1. The second-order valence-electron chi connectivity index (χ2n) is 6.06. The minimum atomic E-state index is -0.731. The summed E-state index contributed by atoms with van der Waals surface area (Å²) in [6.07, 6.45) is 0.314. The highest BCUT2D eigenvalue weighted by atomic mass is 16.3. The molecule has 1 fully saturated rings. The molecule has 0 unspecified atom stereocenters. The molecule has 21 heavy (non-hydrogen) atoms. The molecule has 1 saturated heterocycles. The number of carbonyl (C=O) groups excluding carboxylic acids is 2. The van der Waals surface area contributed by atoms with Crippen LogP contribution in [-0.2, 0) is 16.0 Å². The number of carbonyl (C=O) groups is 2. The molecule has 1 aromatic rings. The average molecular weight is 290 g/mol. The fourth-order valence-electron chi connectivity index (χ4n) is 2.35. The first kappa shape index (κ1) is 15.5. The minimum absolute atomic E-state index is 0.0209. The van der Waals surface area contributed by atoms with E-state index in [4.69, 9.17) is 0 Å². The molecule has 0 atom stereocenters. The Bertz CT molecular complexity index is 531. The van der Waals surface area contributed by atoms with Crippen molar-refractivity contribution in [3.05, 3.63) is 29.8 Å². The van der Waals surface area contributed by atoms with Gasteiger partial charge in [-0.15, -0.1) is 0 Å². The van der Waals surface area contributed by atoms with Gasteiger partial charge >= 0.3 is 0 Å². The Kier molecular flexibility index (Phi) is 4.32. The molecule has 5 heteroatoms. The highest BCUT2D eigenvalue weighted by molar-refractivity contribution is 5.88. The lowest BCUT2D eigenvalue weighted by Gasteiger charge is -2.49. The molecule has 1 aromatic carbocycles. The zero-order valence-electron chi connectivity index (χ0n) is 12.7. The van der Waals surface area contributed by atoms with E-state index < -0.39 is 5.60 Å². The van der Waals surface area contributed by atoms with Gasteiger partial charge < -0.3 is 15.3 Å². The number of likely N-dealkylation sites (tertiary alicyclic amines) is 1. The minimum Gasteiger partial charge on any atom is -0.386 e. The topological polar surface area (TPSA) is 69.6 Å². The molecule has 0 aromatic heterocycles. The van der Waals surface area contributed by atoms with Crippen LogP contribution in [0.1, 0.15) is 26.3 Å². The summed E-state index contributed by atoms with van der Waals surface area (Å²) < 4.78 is 0. The third-order valence-corrected chi connectivity index (χ3v) is 3.99. The Morgan fingerprint density at radius 2 is 1.86 bits per heavy atom. The summed E-state index contributed by atoms with van der Waals surface area (Å²) >= 11 is 0. The van der Waals surface area contributed by atoms with Crippen LogP contribution in [0.15, 0.2) is 24.3 Å². The van der Waals surface area contributed by atoms with Crippen molar-refractivity contribution in [1.82, 2.24) is 4.90 Å². The number of anilines is 1. The van der Waals surface area contributed by atoms with Crippen molar-refractivity contribution in [1.29, 1.82) is 0 Å². The lowest BCUT2D eigenvalue weighted by molar-refractivity contribution is -0.163. The molecule has 114 valence electrons. The summed E-state index contributed by atoms with van der Waals surface area (Å²) in [4.78, 5) is 24.7. The Morgan fingerprint density at radius 3 is 2.33 bits per heavy atom. The van der Waals surface area contributed by atoms with Crippen LogP contribution in [0, 0.1) is 5.92 Å². The van der Waals surface area contributed by atoms with Crippen molar-refractivity contribution in [2.75, 3.05) is 18.4 Å². The molecule has 0 saturated carbocycles. The molecule has 1 heterocycles. The quantitative estimate of drug-likeness (QED) is 0.881. The molecule has 0 bridgehead atoms. The predicted octanol–water partition coefficient (Wildman–Crippen LogP) is 1.42. The van der Waals surface area contributed by atoms with Gasteiger partial charge in [0.25, 0.3) is 0 Å². The van der Waals surface area contributed by atoms with Crippen LogP contribution in [0.25, 0.3) is 0 Å². The van der Waals surface area contributed by atoms with Crippen molar-refractivity contribution >= 4 is 17.5 Å². The van der Waals surface area contributed by atoms with Crippen LogP contribution in [0.4, 0.5) is 5.69 Å². The fraction of sp³-hybridized carbons (Fsp3) is 0.500. The molecule has 0 spiro atoms. The first-order valence-corrected chi connectivity index (χ1v) is 7.17. The maximum Gasteiger partial charge on any atom is 0.227 e. The van der Waals surface area contributed by atoms with E-state index in [1.54, 1.807) is 17.0 Å². The van der Waals surface area contributed by atoms with Gasteiger partial charge in [-0.3, -0.25) is 9.59 Å². The van der Waals surface area contributed by atoms with Crippen LogP contribution < -0.4 is 5.32 Å². The van der Waals surface area contributed by atoms with E-state index in [0.717, 1.165) is 11.3 Å². The van der Waals surface area contributed by atoms with Crippen LogP contribution in [0.2, 0.25) is 0 Å². The zero-order valence-corrected chi connectivity index (χ0v) is 12.7. The number of nitrogens with one attached hydrogen (secondary N) is 1. The average Bonchev–Trinajstić information content (AvgIpc) is 2.36. The molecule has 2 amide bonds. The Morgan fingerprint density at radius 1 is 1.29 bits per heavy atom. The molecule has 1 aliphatic rings. The highest BCUT2D eigenvalue weighted by Gasteiger charge is 2.45. The fourth-order valence-corrected chi connectivity index (χ4v) is 2.35. The number of hydrogen-bond acceptors (Lipinski definition) is 3. The van der Waals surface area contributed by atoms with E-state index in [2.05, 4.69) is 5.32 Å². The van der Waals surface area contributed by atoms with Crippen molar-refractivity contribution in [3.63, 3.8) is 0 Å². The number of amides is 2. The maximum absolute atomic E-state index is 12.1. The van der Waals surface area contributed by atoms with E-state index in [9.17, 15) is 14.7 Å². The number of hydrogen-bond donors (Lipinski definition) is 2. The van der Waals surface area contributed by atoms with Crippen LogP contribution >= 0.6 is 0 Å². The van der Waals surface area contributed by atoms with Gasteiger partial charge in [-0.1, -0.05) is 26.0 Å². The molecule has 2 N–H and O–H groups in total. The van der Waals surface area contributed by atoms with Crippen LogP contribution in [0.5, 0.6) is 0 Å². The van der Waals surface area contributed by atoms with Crippen LogP contribution in [-0.4, -0.2) is 40.5 Å². The lowest BCUT2D eigenvalue weighted by Crippen LogP contribution is -2.66. The lowest BCUT2D eigenvalue weighted by atomic mass is 9.83. The molecule has 1 aliphatic heterocycles. The molecule has 0 radical (unpaired) electrons. The van der Waals surface area contributed by atoms with E-state index in [1.807, 2.05) is 26.0 Å². The van der Waals surface area contributed by atoms with Crippen molar-refractivity contribution < 1.29 is 14.7 Å². The van der Waals surface area contributed by atoms with Crippen LogP contribution in [0.3, 0.4) is 0 Å². The number of benzene rings is 1. The second kappa shape index (κ2) is 5.85. The summed E-state index contributed by atoms with van der Waals surface area (Å²) in [6, 6.07) is 7.23. The summed E-state index contributed by atoms with van der Waals surface area (Å²) in [7, 11) is 0. The Balaban J connectivity index is 1.88. The largest absolute Gasteiger partial charge is 0.386 e. The number of aliphatic hydroxyl groups is 1.